The predicted molar refractivity (Wildman–Crippen MR) is 128 cm³/mol. The second-order valence-corrected chi connectivity index (χ2v) is 7.67. The number of hydrogen-bond donors (Lipinski definition) is 2. The molecule has 0 saturated heterocycles. The van der Waals surface area contributed by atoms with Crippen molar-refractivity contribution in [2.24, 2.45) is 12.0 Å². The number of aryl methyl sites for hydroxylation is 4. The molecular formula is C22H34IN5. The number of halogens is 1. The maximum Gasteiger partial charge on any atom is 0.191 e. The molecule has 0 amide bonds. The molecule has 2 N–H and O–H groups in total. The van der Waals surface area contributed by atoms with Crippen molar-refractivity contribution >= 4 is 29.9 Å². The van der Waals surface area contributed by atoms with Gasteiger partial charge in [0.25, 0.3) is 0 Å². The highest BCUT2D eigenvalue weighted by Crippen LogP contribution is 2.23. The standard InChI is InChI=1S/C22H33N5.HI/c1-6-23-22(24-14-18-10-11-19-8-7-9-20(19)13-18)25-15(2)12-21-16(3)26-27(5)17(21)4;/h10-11,13,15H,6-9,12,14H2,1-5H3,(H2,23,24,25);1H. The van der Waals surface area contributed by atoms with Crippen molar-refractivity contribution in [3.05, 3.63) is 51.8 Å². The van der Waals surface area contributed by atoms with E-state index in [0.717, 1.165) is 24.6 Å². The van der Waals surface area contributed by atoms with Crippen LogP contribution in [0.25, 0.3) is 0 Å². The van der Waals surface area contributed by atoms with Gasteiger partial charge in [-0.25, -0.2) is 4.99 Å². The lowest BCUT2D eigenvalue weighted by atomic mass is 10.1. The van der Waals surface area contributed by atoms with Crippen LogP contribution in [0.5, 0.6) is 0 Å². The number of hydrogen-bond acceptors (Lipinski definition) is 2. The molecule has 1 heterocycles. The Morgan fingerprint density at radius 1 is 1.25 bits per heavy atom. The zero-order valence-corrected chi connectivity index (χ0v) is 20.1. The molecule has 2 aromatic rings. The average molecular weight is 495 g/mol. The fourth-order valence-electron chi connectivity index (χ4n) is 3.92. The summed E-state index contributed by atoms with van der Waals surface area (Å²) in [6, 6.07) is 7.12. The van der Waals surface area contributed by atoms with Crippen LogP contribution in [0.3, 0.4) is 0 Å². The third-order valence-electron chi connectivity index (χ3n) is 5.48. The first-order valence-electron chi connectivity index (χ1n) is 10.1. The minimum atomic E-state index is 0. The molecule has 1 atom stereocenters. The molecule has 1 unspecified atom stereocenters. The van der Waals surface area contributed by atoms with E-state index < -0.39 is 0 Å². The van der Waals surface area contributed by atoms with E-state index in [2.05, 4.69) is 61.6 Å². The third-order valence-corrected chi connectivity index (χ3v) is 5.48. The molecule has 3 rings (SSSR count). The Balaban J connectivity index is 0.00000280. The van der Waals surface area contributed by atoms with Crippen molar-refractivity contribution in [3.63, 3.8) is 0 Å². The first kappa shape index (κ1) is 22.7. The van der Waals surface area contributed by atoms with Gasteiger partial charge in [-0.1, -0.05) is 18.2 Å². The summed E-state index contributed by atoms with van der Waals surface area (Å²) in [5.74, 6) is 0.879. The summed E-state index contributed by atoms with van der Waals surface area (Å²) in [5.41, 5.74) is 8.00. The Hall–Kier alpha value is -1.57. The first-order chi connectivity index (χ1) is 13.0. The van der Waals surface area contributed by atoms with E-state index in [1.165, 1.54) is 47.2 Å². The molecule has 6 heteroatoms. The number of aliphatic imine (C=N–C) groups is 1. The minimum absolute atomic E-state index is 0. The van der Waals surface area contributed by atoms with Gasteiger partial charge in [-0.05, 0) is 75.6 Å². The van der Waals surface area contributed by atoms with Gasteiger partial charge >= 0.3 is 0 Å². The molecule has 0 spiro atoms. The lowest BCUT2D eigenvalue weighted by molar-refractivity contribution is 0.635. The summed E-state index contributed by atoms with van der Waals surface area (Å²) in [5, 5.41) is 11.5. The van der Waals surface area contributed by atoms with E-state index in [1.807, 2.05) is 11.7 Å². The molecule has 0 aliphatic heterocycles. The topological polar surface area (TPSA) is 54.2 Å². The highest BCUT2D eigenvalue weighted by atomic mass is 127. The first-order valence-corrected chi connectivity index (χ1v) is 10.1. The zero-order chi connectivity index (χ0) is 19.4. The van der Waals surface area contributed by atoms with Crippen LogP contribution in [-0.4, -0.2) is 28.3 Å². The summed E-state index contributed by atoms with van der Waals surface area (Å²) < 4.78 is 1.96. The molecule has 1 aromatic carbocycles. The number of nitrogens with zero attached hydrogens (tertiary/aromatic N) is 3. The van der Waals surface area contributed by atoms with E-state index in [1.54, 1.807) is 0 Å². The van der Waals surface area contributed by atoms with Crippen LogP contribution in [0.2, 0.25) is 0 Å². The molecule has 0 radical (unpaired) electrons. The highest BCUT2D eigenvalue weighted by Gasteiger charge is 2.14. The Kier molecular flexibility index (Phi) is 8.34. The third kappa shape index (κ3) is 5.49. The van der Waals surface area contributed by atoms with E-state index in [0.29, 0.717) is 6.54 Å². The van der Waals surface area contributed by atoms with Crippen LogP contribution in [0, 0.1) is 13.8 Å². The second-order valence-electron chi connectivity index (χ2n) is 7.67. The molecule has 0 bridgehead atoms. The van der Waals surface area contributed by atoms with Crippen molar-refractivity contribution < 1.29 is 0 Å². The lowest BCUT2D eigenvalue weighted by Crippen LogP contribution is -2.43. The lowest BCUT2D eigenvalue weighted by Gasteiger charge is -2.18. The van der Waals surface area contributed by atoms with Gasteiger partial charge in [-0.3, -0.25) is 4.68 Å². The Labute approximate surface area is 186 Å². The number of nitrogens with one attached hydrogen (secondary N) is 2. The van der Waals surface area contributed by atoms with E-state index >= 15 is 0 Å². The second kappa shape index (κ2) is 10.3. The number of guanidine groups is 1. The molecule has 1 aliphatic carbocycles. The molecule has 0 saturated carbocycles. The van der Waals surface area contributed by atoms with Crippen LogP contribution < -0.4 is 10.6 Å². The molecule has 0 fully saturated rings. The average Bonchev–Trinajstić information content (AvgIpc) is 3.19. The van der Waals surface area contributed by atoms with Crippen LogP contribution in [-0.2, 0) is 32.9 Å². The van der Waals surface area contributed by atoms with Gasteiger partial charge in [-0.15, -0.1) is 24.0 Å². The zero-order valence-electron chi connectivity index (χ0n) is 17.8. The maximum absolute atomic E-state index is 4.81. The predicted octanol–water partition coefficient (Wildman–Crippen LogP) is 3.83. The van der Waals surface area contributed by atoms with Crippen molar-refractivity contribution in [2.75, 3.05) is 6.54 Å². The summed E-state index contributed by atoms with van der Waals surface area (Å²) in [6.07, 6.45) is 4.67. The number of fused-ring (bicyclic) bond motifs is 1. The van der Waals surface area contributed by atoms with E-state index in [4.69, 9.17) is 4.99 Å². The molecule has 28 heavy (non-hydrogen) atoms. The Bertz CT molecular complexity index is 825. The monoisotopic (exact) mass is 495 g/mol. The van der Waals surface area contributed by atoms with Crippen LogP contribution in [0.4, 0.5) is 0 Å². The number of aromatic nitrogens is 2. The molecule has 1 aliphatic rings. The van der Waals surface area contributed by atoms with Crippen molar-refractivity contribution in [1.82, 2.24) is 20.4 Å². The highest BCUT2D eigenvalue weighted by molar-refractivity contribution is 14.0. The van der Waals surface area contributed by atoms with E-state index in [-0.39, 0.29) is 30.0 Å². The molecule has 154 valence electrons. The fraction of sp³-hybridized carbons (Fsp3) is 0.545. The van der Waals surface area contributed by atoms with Crippen LogP contribution >= 0.6 is 24.0 Å². The van der Waals surface area contributed by atoms with Gasteiger partial charge in [0.15, 0.2) is 5.96 Å². The molecule has 5 nitrogen and oxygen atoms in total. The summed E-state index contributed by atoms with van der Waals surface area (Å²) >= 11 is 0. The van der Waals surface area contributed by atoms with Gasteiger partial charge in [0, 0.05) is 25.3 Å². The Morgan fingerprint density at radius 3 is 2.68 bits per heavy atom. The van der Waals surface area contributed by atoms with Crippen molar-refractivity contribution in [2.45, 2.75) is 66.0 Å². The van der Waals surface area contributed by atoms with Gasteiger partial charge in [0.2, 0.25) is 0 Å². The van der Waals surface area contributed by atoms with Gasteiger partial charge in [-0.2, -0.15) is 5.10 Å². The van der Waals surface area contributed by atoms with Crippen molar-refractivity contribution in [3.8, 4) is 0 Å². The molecule has 1 aromatic heterocycles. The van der Waals surface area contributed by atoms with Crippen molar-refractivity contribution in [1.29, 1.82) is 0 Å². The quantitative estimate of drug-likeness (QED) is 0.364. The van der Waals surface area contributed by atoms with Gasteiger partial charge in [0.1, 0.15) is 0 Å². The van der Waals surface area contributed by atoms with Crippen LogP contribution in [0.1, 0.15) is 53.9 Å². The molecular weight excluding hydrogens is 461 g/mol. The summed E-state index contributed by atoms with van der Waals surface area (Å²) in [7, 11) is 2.01. The summed E-state index contributed by atoms with van der Waals surface area (Å²) in [4.78, 5) is 4.81. The summed E-state index contributed by atoms with van der Waals surface area (Å²) in [6.45, 7) is 10.1. The van der Waals surface area contributed by atoms with Gasteiger partial charge < -0.3 is 10.6 Å². The maximum atomic E-state index is 4.81. The normalized spacial score (nSPS) is 14.4. The largest absolute Gasteiger partial charge is 0.357 e. The smallest absolute Gasteiger partial charge is 0.191 e. The van der Waals surface area contributed by atoms with Crippen LogP contribution in [0.15, 0.2) is 23.2 Å². The van der Waals surface area contributed by atoms with E-state index in [9.17, 15) is 0 Å². The fourth-order valence-corrected chi connectivity index (χ4v) is 3.92. The Morgan fingerprint density at radius 2 is 2.00 bits per heavy atom. The number of rotatable bonds is 6. The van der Waals surface area contributed by atoms with Gasteiger partial charge in [0.05, 0.1) is 12.2 Å². The SMILES string of the molecule is CCNC(=NCc1ccc2c(c1)CCC2)NC(C)Cc1c(C)nn(C)c1C.I. The number of benzene rings is 1. The minimum Gasteiger partial charge on any atom is -0.357 e.